The van der Waals surface area contributed by atoms with Gasteiger partial charge in [0, 0.05) is 18.7 Å². The molecule has 28 heavy (non-hydrogen) atoms. The first-order valence-electron chi connectivity index (χ1n) is 8.89. The van der Waals surface area contributed by atoms with Crippen molar-refractivity contribution in [2.75, 3.05) is 22.4 Å². The molecule has 6 nitrogen and oxygen atoms in total. The Hall–Kier alpha value is -2.85. The molecular formula is C21H25N3O3S. The van der Waals surface area contributed by atoms with Gasteiger partial charge < -0.3 is 5.32 Å². The summed E-state index contributed by atoms with van der Waals surface area (Å²) in [7, 11) is -3.56. The van der Waals surface area contributed by atoms with Gasteiger partial charge in [-0.2, -0.15) is 5.26 Å². The average Bonchev–Trinajstić information content (AvgIpc) is 2.61. The predicted molar refractivity (Wildman–Crippen MR) is 112 cm³/mol. The van der Waals surface area contributed by atoms with Crippen LogP contribution in [-0.4, -0.2) is 27.1 Å². The number of anilines is 2. The van der Waals surface area contributed by atoms with Crippen LogP contribution in [0.2, 0.25) is 0 Å². The second kappa shape index (κ2) is 8.44. The number of amides is 1. The summed E-state index contributed by atoms with van der Waals surface area (Å²) in [4.78, 5) is 12.3. The fourth-order valence-corrected chi connectivity index (χ4v) is 3.60. The van der Waals surface area contributed by atoms with Gasteiger partial charge in [-0.15, -0.1) is 0 Å². The van der Waals surface area contributed by atoms with Crippen LogP contribution >= 0.6 is 0 Å². The topological polar surface area (TPSA) is 90.3 Å². The lowest BCUT2D eigenvalue weighted by atomic mass is 9.87. The zero-order valence-corrected chi connectivity index (χ0v) is 17.4. The van der Waals surface area contributed by atoms with Crippen LogP contribution in [0.4, 0.5) is 11.4 Å². The Kier molecular flexibility index (Phi) is 6.47. The van der Waals surface area contributed by atoms with Gasteiger partial charge in [0.15, 0.2) is 0 Å². The normalized spacial score (nSPS) is 11.5. The SMILES string of the molecule is CC(C)(C)c1ccc(NC(=O)CCN(c2ccc(C#N)cc2)S(C)(=O)=O)cc1. The Morgan fingerprint density at radius 2 is 1.64 bits per heavy atom. The summed E-state index contributed by atoms with van der Waals surface area (Å²) >= 11 is 0. The molecule has 0 bridgehead atoms. The van der Waals surface area contributed by atoms with E-state index in [0.717, 1.165) is 16.1 Å². The molecule has 2 rings (SSSR count). The van der Waals surface area contributed by atoms with Gasteiger partial charge in [-0.3, -0.25) is 9.10 Å². The molecule has 0 aliphatic carbocycles. The maximum atomic E-state index is 12.3. The first-order chi connectivity index (χ1) is 13.0. The van der Waals surface area contributed by atoms with Crippen molar-refractivity contribution in [3.63, 3.8) is 0 Å². The van der Waals surface area contributed by atoms with Gasteiger partial charge in [0.25, 0.3) is 0 Å². The van der Waals surface area contributed by atoms with Crippen LogP contribution in [0, 0.1) is 11.3 Å². The number of carbonyl (C=O) groups excluding carboxylic acids is 1. The maximum Gasteiger partial charge on any atom is 0.232 e. The van der Waals surface area contributed by atoms with Crippen LogP contribution in [0.1, 0.15) is 38.3 Å². The van der Waals surface area contributed by atoms with Crippen LogP contribution in [0.25, 0.3) is 0 Å². The van der Waals surface area contributed by atoms with Crippen molar-refractivity contribution in [2.45, 2.75) is 32.6 Å². The summed E-state index contributed by atoms with van der Waals surface area (Å²) < 4.78 is 25.4. The van der Waals surface area contributed by atoms with Crippen molar-refractivity contribution in [1.29, 1.82) is 5.26 Å². The van der Waals surface area contributed by atoms with Crippen molar-refractivity contribution < 1.29 is 13.2 Å². The Morgan fingerprint density at radius 1 is 1.07 bits per heavy atom. The number of benzene rings is 2. The van der Waals surface area contributed by atoms with E-state index in [4.69, 9.17) is 5.26 Å². The summed E-state index contributed by atoms with van der Waals surface area (Å²) in [5.41, 5.74) is 2.72. The van der Waals surface area contributed by atoms with Gasteiger partial charge >= 0.3 is 0 Å². The van der Waals surface area contributed by atoms with E-state index < -0.39 is 10.0 Å². The number of nitrogens with zero attached hydrogens (tertiary/aromatic N) is 2. The molecule has 0 radical (unpaired) electrons. The Balaban J connectivity index is 2.04. The van der Waals surface area contributed by atoms with E-state index in [2.05, 4.69) is 26.1 Å². The molecule has 0 spiro atoms. The molecule has 148 valence electrons. The van der Waals surface area contributed by atoms with E-state index in [1.165, 1.54) is 0 Å². The second-order valence-corrected chi connectivity index (χ2v) is 9.53. The lowest BCUT2D eigenvalue weighted by Crippen LogP contribution is -2.33. The highest BCUT2D eigenvalue weighted by Gasteiger charge is 2.19. The number of nitrogens with one attached hydrogen (secondary N) is 1. The van der Waals surface area contributed by atoms with Crippen molar-refractivity contribution in [1.82, 2.24) is 0 Å². The highest BCUT2D eigenvalue weighted by atomic mass is 32.2. The standard InChI is InChI=1S/C21H25N3O3S/c1-21(2,3)17-7-9-18(10-8-17)23-20(25)13-14-24(28(4,26)27)19-11-5-16(15-22)6-12-19/h5-12H,13-14H2,1-4H3,(H,23,25). The van der Waals surface area contributed by atoms with E-state index in [-0.39, 0.29) is 24.3 Å². The van der Waals surface area contributed by atoms with E-state index in [1.807, 2.05) is 30.3 Å². The van der Waals surface area contributed by atoms with Crippen LogP contribution < -0.4 is 9.62 Å². The van der Waals surface area contributed by atoms with E-state index in [0.29, 0.717) is 16.9 Å². The minimum absolute atomic E-state index is 0.00803. The second-order valence-electron chi connectivity index (χ2n) is 7.62. The first kappa shape index (κ1) is 21.5. The average molecular weight is 400 g/mol. The van der Waals surface area contributed by atoms with Crippen molar-refractivity contribution >= 4 is 27.3 Å². The molecule has 0 aliphatic heterocycles. The predicted octanol–water partition coefficient (Wildman–Crippen LogP) is 3.65. The largest absolute Gasteiger partial charge is 0.326 e. The van der Waals surface area contributed by atoms with Crippen LogP contribution in [0.15, 0.2) is 48.5 Å². The van der Waals surface area contributed by atoms with Gasteiger partial charge in [0.05, 0.1) is 23.6 Å². The Labute approximate surface area is 166 Å². The third kappa shape index (κ3) is 5.83. The first-order valence-corrected chi connectivity index (χ1v) is 10.7. The molecule has 0 heterocycles. The molecular weight excluding hydrogens is 374 g/mol. The van der Waals surface area contributed by atoms with Crippen molar-refractivity contribution in [3.8, 4) is 6.07 Å². The molecule has 0 saturated carbocycles. The summed E-state index contributed by atoms with van der Waals surface area (Å²) in [5.74, 6) is -0.272. The molecule has 0 atom stereocenters. The molecule has 0 saturated heterocycles. The summed E-state index contributed by atoms with van der Waals surface area (Å²) in [5, 5.41) is 11.7. The molecule has 0 aromatic heterocycles. The number of hydrogen-bond acceptors (Lipinski definition) is 4. The molecule has 0 aliphatic rings. The zero-order valence-electron chi connectivity index (χ0n) is 16.6. The monoisotopic (exact) mass is 399 g/mol. The van der Waals surface area contributed by atoms with Crippen molar-refractivity contribution in [2.24, 2.45) is 0 Å². The highest BCUT2D eigenvalue weighted by Crippen LogP contribution is 2.23. The quantitative estimate of drug-likeness (QED) is 0.803. The Bertz CT molecular complexity index is 968. The lowest BCUT2D eigenvalue weighted by Gasteiger charge is -2.22. The number of rotatable bonds is 6. The lowest BCUT2D eigenvalue weighted by molar-refractivity contribution is -0.116. The minimum Gasteiger partial charge on any atom is -0.326 e. The van der Waals surface area contributed by atoms with Gasteiger partial charge in [-0.1, -0.05) is 32.9 Å². The number of hydrogen-bond donors (Lipinski definition) is 1. The fourth-order valence-electron chi connectivity index (χ4n) is 2.67. The fraction of sp³-hybridized carbons (Fsp3) is 0.333. The van der Waals surface area contributed by atoms with Gasteiger partial charge in [0.1, 0.15) is 0 Å². The van der Waals surface area contributed by atoms with E-state index in [1.54, 1.807) is 24.3 Å². The van der Waals surface area contributed by atoms with Gasteiger partial charge in [0.2, 0.25) is 15.9 Å². The molecule has 2 aromatic carbocycles. The number of nitriles is 1. The van der Waals surface area contributed by atoms with E-state index >= 15 is 0 Å². The third-order valence-electron chi connectivity index (χ3n) is 4.26. The summed E-state index contributed by atoms with van der Waals surface area (Å²) in [6, 6.07) is 15.8. The number of carbonyl (C=O) groups is 1. The van der Waals surface area contributed by atoms with E-state index in [9.17, 15) is 13.2 Å². The van der Waals surface area contributed by atoms with Crippen LogP contribution in [0.5, 0.6) is 0 Å². The van der Waals surface area contributed by atoms with Crippen molar-refractivity contribution in [3.05, 3.63) is 59.7 Å². The number of sulfonamides is 1. The molecule has 1 amide bonds. The van der Waals surface area contributed by atoms with Gasteiger partial charge in [-0.05, 0) is 47.4 Å². The van der Waals surface area contributed by atoms with Crippen LogP contribution in [-0.2, 0) is 20.2 Å². The van der Waals surface area contributed by atoms with Crippen LogP contribution in [0.3, 0.4) is 0 Å². The smallest absolute Gasteiger partial charge is 0.232 e. The summed E-state index contributed by atoms with van der Waals surface area (Å²) in [6.07, 6.45) is 1.10. The Morgan fingerprint density at radius 3 is 2.11 bits per heavy atom. The zero-order chi connectivity index (χ0) is 20.9. The minimum atomic E-state index is -3.56. The molecule has 0 unspecified atom stereocenters. The molecule has 7 heteroatoms. The van der Waals surface area contributed by atoms with Gasteiger partial charge in [-0.25, -0.2) is 8.42 Å². The molecule has 1 N–H and O–H groups in total. The maximum absolute atomic E-state index is 12.3. The highest BCUT2D eigenvalue weighted by molar-refractivity contribution is 7.92. The molecule has 0 fully saturated rings. The third-order valence-corrected chi connectivity index (χ3v) is 5.46. The summed E-state index contributed by atoms with van der Waals surface area (Å²) in [6.45, 7) is 6.35. The molecule has 2 aromatic rings.